The molecule has 96 valence electrons. The maximum atomic E-state index is 12.2. The van der Waals surface area contributed by atoms with E-state index in [0.717, 1.165) is 5.56 Å². The third-order valence-electron chi connectivity index (χ3n) is 2.63. The molecule has 0 spiro atoms. The zero-order valence-electron chi connectivity index (χ0n) is 9.97. The summed E-state index contributed by atoms with van der Waals surface area (Å²) in [6.07, 6.45) is 0. The van der Waals surface area contributed by atoms with E-state index in [-0.39, 0.29) is 5.75 Å². The smallest absolute Gasteiger partial charge is 0.0992 e. The summed E-state index contributed by atoms with van der Waals surface area (Å²) in [4.78, 5) is 0.600. The molecule has 0 radical (unpaired) electrons. The minimum absolute atomic E-state index is 0.277. The van der Waals surface area contributed by atoms with E-state index in [0.29, 0.717) is 21.2 Å². The van der Waals surface area contributed by atoms with E-state index in [2.05, 4.69) is 0 Å². The summed E-state index contributed by atoms with van der Waals surface area (Å²) in [5, 5.41) is 9.21. The number of nitrogens with two attached hydrogens (primary N) is 1. The van der Waals surface area contributed by atoms with Crippen molar-refractivity contribution < 1.29 is 4.21 Å². The zero-order valence-corrected chi connectivity index (χ0v) is 11.5. The Morgan fingerprint density at radius 2 is 2.00 bits per heavy atom. The predicted octanol–water partition coefficient (Wildman–Crippen LogP) is 3.10. The van der Waals surface area contributed by atoms with Gasteiger partial charge in [-0.3, -0.25) is 4.21 Å². The molecular weight excluding hydrogens is 280 g/mol. The van der Waals surface area contributed by atoms with E-state index in [1.807, 2.05) is 6.07 Å². The molecule has 0 aliphatic carbocycles. The van der Waals surface area contributed by atoms with E-state index in [4.69, 9.17) is 22.6 Å². The molecule has 0 saturated carbocycles. The average molecular weight is 291 g/mol. The molecule has 1 unspecified atom stereocenters. The van der Waals surface area contributed by atoms with Crippen molar-refractivity contribution in [2.24, 2.45) is 0 Å². The highest BCUT2D eigenvalue weighted by molar-refractivity contribution is 7.84. The van der Waals surface area contributed by atoms with Crippen LogP contribution in [-0.2, 0) is 16.6 Å². The Bertz CT molecular complexity index is 679. The van der Waals surface area contributed by atoms with Crippen molar-refractivity contribution in [1.82, 2.24) is 0 Å². The van der Waals surface area contributed by atoms with E-state index < -0.39 is 10.8 Å². The number of benzene rings is 2. The summed E-state index contributed by atoms with van der Waals surface area (Å²) in [5.41, 5.74) is 7.52. The van der Waals surface area contributed by atoms with Gasteiger partial charge in [-0.1, -0.05) is 29.8 Å². The van der Waals surface area contributed by atoms with Crippen LogP contribution in [0.3, 0.4) is 0 Å². The topological polar surface area (TPSA) is 66.9 Å². The largest absolute Gasteiger partial charge is 0.398 e. The van der Waals surface area contributed by atoms with E-state index in [1.165, 1.54) is 0 Å². The second-order valence-corrected chi connectivity index (χ2v) is 5.77. The number of nitrogen functional groups attached to an aromatic ring is 1. The number of rotatable bonds is 3. The normalized spacial score (nSPS) is 11.8. The molecule has 1 atom stereocenters. The standard InChI is InChI=1S/C14H11ClN2OS/c15-12-7-10(8-16)5-6-11(12)9-19(18)14-4-2-1-3-13(14)17/h1-7H,9,17H2. The molecule has 0 aliphatic rings. The average Bonchev–Trinajstić information content (AvgIpc) is 2.41. The van der Waals surface area contributed by atoms with Crippen LogP contribution in [0.5, 0.6) is 0 Å². The van der Waals surface area contributed by atoms with Crippen LogP contribution in [0.4, 0.5) is 5.69 Å². The van der Waals surface area contributed by atoms with Crippen LogP contribution in [0.2, 0.25) is 5.02 Å². The monoisotopic (exact) mass is 290 g/mol. The first kappa shape index (κ1) is 13.6. The summed E-state index contributed by atoms with van der Waals surface area (Å²) in [7, 11) is -1.26. The molecule has 0 amide bonds. The van der Waals surface area contributed by atoms with Crippen molar-refractivity contribution in [2.75, 3.05) is 5.73 Å². The highest BCUT2D eigenvalue weighted by Crippen LogP contribution is 2.23. The van der Waals surface area contributed by atoms with Crippen LogP contribution >= 0.6 is 11.6 Å². The number of nitrogens with zero attached hydrogens (tertiary/aromatic N) is 1. The zero-order chi connectivity index (χ0) is 13.8. The molecule has 0 saturated heterocycles. The van der Waals surface area contributed by atoms with Gasteiger partial charge in [-0.2, -0.15) is 5.26 Å². The lowest BCUT2D eigenvalue weighted by Gasteiger charge is -2.07. The number of para-hydroxylation sites is 1. The number of halogens is 1. The Balaban J connectivity index is 2.25. The van der Waals surface area contributed by atoms with Gasteiger partial charge >= 0.3 is 0 Å². The first-order chi connectivity index (χ1) is 9.11. The lowest BCUT2D eigenvalue weighted by molar-refractivity contribution is 0.683. The molecule has 0 aliphatic heterocycles. The van der Waals surface area contributed by atoms with Gasteiger partial charge in [0.15, 0.2) is 0 Å². The molecule has 2 aromatic carbocycles. The molecule has 0 fully saturated rings. The van der Waals surface area contributed by atoms with Crippen molar-refractivity contribution in [2.45, 2.75) is 10.6 Å². The molecule has 19 heavy (non-hydrogen) atoms. The SMILES string of the molecule is N#Cc1ccc(CS(=O)c2ccccc2N)c(Cl)c1. The van der Waals surface area contributed by atoms with E-state index >= 15 is 0 Å². The highest BCUT2D eigenvalue weighted by Gasteiger charge is 2.11. The van der Waals surface area contributed by atoms with Gasteiger partial charge in [-0.05, 0) is 29.8 Å². The van der Waals surface area contributed by atoms with Gasteiger partial charge in [-0.15, -0.1) is 0 Å². The predicted molar refractivity (Wildman–Crippen MR) is 77.1 cm³/mol. The molecule has 2 aromatic rings. The third kappa shape index (κ3) is 3.14. The van der Waals surface area contributed by atoms with Crippen LogP contribution in [0.15, 0.2) is 47.4 Å². The van der Waals surface area contributed by atoms with Crippen LogP contribution in [-0.4, -0.2) is 4.21 Å². The molecular formula is C14H11ClN2OS. The number of nitriles is 1. The van der Waals surface area contributed by atoms with Crippen LogP contribution in [0, 0.1) is 11.3 Å². The minimum Gasteiger partial charge on any atom is -0.398 e. The summed E-state index contributed by atoms with van der Waals surface area (Å²) in [5.74, 6) is 0.277. The Hall–Kier alpha value is -1.83. The first-order valence-electron chi connectivity index (χ1n) is 5.53. The molecule has 2 rings (SSSR count). The van der Waals surface area contributed by atoms with Crippen LogP contribution in [0.25, 0.3) is 0 Å². The van der Waals surface area contributed by atoms with Gasteiger partial charge in [0.05, 0.1) is 33.1 Å². The van der Waals surface area contributed by atoms with Gasteiger partial charge < -0.3 is 5.73 Å². The fourth-order valence-corrected chi connectivity index (χ4v) is 3.22. The van der Waals surface area contributed by atoms with Crippen molar-refractivity contribution in [1.29, 1.82) is 5.26 Å². The molecule has 0 aromatic heterocycles. The highest BCUT2D eigenvalue weighted by atomic mass is 35.5. The number of hydrogen-bond acceptors (Lipinski definition) is 3. The van der Waals surface area contributed by atoms with Crippen LogP contribution < -0.4 is 5.73 Å². The number of hydrogen-bond donors (Lipinski definition) is 1. The molecule has 0 heterocycles. The van der Waals surface area contributed by atoms with Crippen molar-refractivity contribution in [3.05, 3.63) is 58.6 Å². The molecule has 3 nitrogen and oxygen atoms in total. The van der Waals surface area contributed by atoms with Gasteiger partial charge in [0.1, 0.15) is 0 Å². The summed E-state index contributed by atoms with van der Waals surface area (Å²) < 4.78 is 12.2. The quantitative estimate of drug-likeness (QED) is 0.883. The van der Waals surface area contributed by atoms with E-state index in [1.54, 1.807) is 42.5 Å². The van der Waals surface area contributed by atoms with Gasteiger partial charge in [0.25, 0.3) is 0 Å². The van der Waals surface area contributed by atoms with E-state index in [9.17, 15) is 4.21 Å². The summed E-state index contributed by atoms with van der Waals surface area (Å²) in [6, 6.07) is 14.0. The summed E-state index contributed by atoms with van der Waals surface area (Å²) in [6.45, 7) is 0. The van der Waals surface area contributed by atoms with Gasteiger partial charge in [0, 0.05) is 10.7 Å². The Morgan fingerprint density at radius 3 is 2.63 bits per heavy atom. The fraction of sp³-hybridized carbons (Fsp3) is 0.0714. The Labute approximate surface area is 119 Å². The van der Waals surface area contributed by atoms with Gasteiger partial charge in [-0.25, -0.2) is 0 Å². The molecule has 2 N–H and O–H groups in total. The molecule has 5 heteroatoms. The number of anilines is 1. The Morgan fingerprint density at radius 1 is 1.26 bits per heavy atom. The Kier molecular flexibility index (Phi) is 4.20. The second kappa shape index (κ2) is 5.87. The van der Waals surface area contributed by atoms with Crippen LogP contribution in [0.1, 0.15) is 11.1 Å². The third-order valence-corrected chi connectivity index (χ3v) is 4.42. The minimum atomic E-state index is -1.26. The van der Waals surface area contributed by atoms with Gasteiger partial charge in [0.2, 0.25) is 0 Å². The second-order valence-electron chi connectivity index (χ2n) is 3.95. The molecule has 0 bridgehead atoms. The fourth-order valence-electron chi connectivity index (χ4n) is 1.64. The first-order valence-corrected chi connectivity index (χ1v) is 7.23. The lowest BCUT2D eigenvalue weighted by atomic mass is 10.2. The maximum absolute atomic E-state index is 12.2. The lowest BCUT2D eigenvalue weighted by Crippen LogP contribution is -2.01. The van der Waals surface area contributed by atoms with Crippen molar-refractivity contribution in [3.63, 3.8) is 0 Å². The maximum Gasteiger partial charge on any atom is 0.0992 e. The summed E-state index contributed by atoms with van der Waals surface area (Å²) >= 11 is 6.06. The van der Waals surface area contributed by atoms with Crippen molar-refractivity contribution in [3.8, 4) is 6.07 Å². The van der Waals surface area contributed by atoms with Crippen molar-refractivity contribution >= 4 is 28.1 Å².